The lowest BCUT2D eigenvalue weighted by atomic mass is 10.2. The summed E-state index contributed by atoms with van der Waals surface area (Å²) in [6.45, 7) is 3.06. The van der Waals surface area contributed by atoms with E-state index in [-0.39, 0.29) is 23.0 Å². The maximum absolute atomic E-state index is 13.3. The molecule has 0 spiro atoms. The Labute approximate surface area is 206 Å². The third-order valence-electron chi connectivity index (χ3n) is 6.58. The zero-order valence-electron chi connectivity index (χ0n) is 19.6. The Kier molecular flexibility index (Phi) is 6.29. The van der Waals surface area contributed by atoms with Gasteiger partial charge in [0.2, 0.25) is 0 Å². The van der Waals surface area contributed by atoms with Crippen molar-refractivity contribution in [3.63, 3.8) is 0 Å². The summed E-state index contributed by atoms with van der Waals surface area (Å²) in [5.74, 6) is 0.417. The molecule has 1 aliphatic rings. The summed E-state index contributed by atoms with van der Waals surface area (Å²) in [5.41, 5.74) is 1.41. The Bertz CT molecular complexity index is 1500. The van der Waals surface area contributed by atoms with Crippen molar-refractivity contribution in [2.45, 2.75) is 49.4 Å². The van der Waals surface area contributed by atoms with Crippen molar-refractivity contribution in [1.82, 2.24) is 23.4 Å². The molecule has 0 saturated carbocycles. The van der Waals surface area contributed by atoms with Crippen LogP contribution in [0.1, 0.15) is 44.2 Å². The number of benzene rings is 1. The lowest BCUT2D eigenvalue weighted by Crippen LogP contribution is -2.24. The summed E-state index contributed by atoms with van der Waals surface area (Å²) in [6, 6.07) is 9.60. The summed E-state index contributed by atoms with van der Waals surface area (Å²) in [4.78, 5) is 11.1. The average molecular weight is 522 g/mol. The molecule has 1 saturated heterocycles. The minimum atomic E-state index is -4.18. The number of aliphatic hydroxyl groups excluding tert-OH is 1. The molecule has 8 nitrogen and oxygen atoms in total. The van der Waals surface area contributed by atoms with E-state index >= 15 is 0 Å². The number of alkyl halides is 3. The van der Waals surface area contributed by atoms with Gasteiger partial charge in [0, 0.05) is 37.1 Å². The molecule has 3 aromatic heterocycles. The minimum absolute atomic E-state index is 0.0263. The number of aromatic nitrogens is 4. The summed E-state index contributed by atoms with van der Waals surface area (Å²) in [5, 5.41) is 11.0. The van der Waals surface area contributed by atoms with Gasteiger partial charge >= 0.3 is 6.18 Å². The smallest absolute Gasteiger partial charge is 0.385 e. The lowest BCUT2D eigenvalue weighted by molar-refractivity contribution is -0.136. The second-order valence-electron chi connectivity index (χ2n) is 9.14. The van der Waals surface area contributed by atoms with Crippen LogP contribution in [0.4, 0.5) is 13.2 Å². The highest BCUT2D eigenvalue weighted by atomic mass is 32.2. The van der Waals surface area contributed by atoms with Crippen LogP contribution < -0.4 is 0 Å². The van der Waals surface area contributed by atoms with Gasteiger partial charge in [-0.15, -0.1) is 0 Å². The highest BCUT2D eigenvalue weighted by molar-refractivity contribution is 7.90. The van der Waals surface area contributed by atoms with Crippen molar-refractivity contribution in [2.24, 2.45) is 0 Å². The van der Waals surface area contributed by atoms with Crippen LogP contribution in [0.15, 0.2) is 53.7 Å². The van der Waals surface area contributed by atoms with Gasteiger partial charge in [-0.1, -0.05) is 18.2 Å². The number of pyridine rings is 1. The highest BCUT2D eigenvalue weighted by Gasteiger charge is 2.32. The topological polar surface area (TPSA) is 93.3 Å². The molecule has 0 bridgehead atoms. The molecular formula is C24H26F3N5O3S. The zero-order valence-corrected chi connectivity index (χ0v) is 20.4. The molecule has 5 rings (SSSR count). The number of likely N-dealkylation sites (tertiary alicyclic amines) is 1. The predicted molar refractivity (Wildman–Crippen MR) is 128 cm³/mol. The monoisotopic (exact) mass is 521 g/mol. The van der Waals surface area contributed by atoms with Gasteiger partial charge in [0.15, 0.2) is 5.65 Å². The lowest BCUT2D eigenvalue weighted by Gasteiger charge is -2.20. The third-order valence-corrected chi connectivity index (χ3v) is 8.26. The molecule has 1 aromatic carbocycles. The first-order chi connectivity index (χ1) is 17.1. The van der Waals surface area contributed by atoms with Gasteiger partial charge in [-0.2, -0.15) is 13.2 Å². The number of rotatable bonds is 7. The number of aliphatic hydroxyl groups is 1. The highest BCUT2D eigenvalue weighted by Crippen LogP contribution is 2.35. The standard InChI is InChI=1S/C24H26F3N5O3S/c1-16(33)22-29-20-14-28-23-19(9-13-31(23)36(34,35)18-6-3-2-4-7-18)21(20)32(22)17-8-12-30(15-17)11-5-10-24(25,26)27/h2-4,6-7,9,13-14,16-17,33H,5,8,10-12,15H2,1H3/t16?,17-/m0/s1. The molecule has 192 valence electrons. The molecule has 4 heterocycles. The van der Waals surface area contributed by atoms with Gasteiger partial charge in [-0.3, -0.25) is 0 Å². The maximum Gasteiger partial charge on any atom is 0.389 e. The molecule has 12 heteroatoms. The summed E-state index contributed by atoms with van der Waals surface area (Å²) in [7, 11) is -3.89. The van der Waals surface area contributed by atoms with Crippen LogP contribution in [0.5, 0.6) is 0 Å². The largest absolute Gasteiger partial charge is 0.389 e. The number of nitrogens with zero attached hydrogens (tertiary/aromatic N) is 5. The quantitative estimate of drug-likeness (QED) is 0.391. The van der Waals surface area contributed by atoms with Crippen molar-refractivity contribution < 1.29 is 26.7 Å². The first-order valence-electron chi connectivity index (χ1n) is 11.7. The molecule has 1 aliphatic heterocycles. The fourth-order valence-electron chi connectivity index (χ4n) is 4.96. The van der Waals surface area contributed by atoms with Crippen molar-refractivity contribution in [3.8, 4) is 0 Å². The van der Waals surface area contributed by atoms with E-state index in [0.29, 0.717) is 48.3 Å². The average Bonchev–Trinajstić information content (AvgIpc) is 3.54. The van der Waals surface area contributed by atoms with E-state index < -0.39 is 28.7 Å². The van der Waals surface area contributed by atoms with E-state index in [1.165, 1.54) is 24.5 Å². The fraction of sp³-hybridized carbons (Fsp3) is 0.417. The first-order valence-corrected chi connectivity index (χ1v) is 13.2. The molecule has 36 heavy (non-hydrogen) atoms. The Morgan fingerprint density at radius 1 is 1.19 bits per heavy atom. The van der Waals surface area contributed by atoms with Gasteiger partial charge in [0.25, 0.3) is 10.0 Å². The molecule has 1 N–H and O–H groups in total. The third kappa shape index (κ3) is 4.48. The molecule has 0 radical (unpaired) electrons. The number of imidazole rings is 1. The second-order valence-corrected chi connectivity index (χ2v) is 11.0. The van der Waals surface area contributed by atoms with Crippen LogP contribution in [0, 0.1) is 0 Å². The summed E-state index contributed by atoms with van der Waals surface area (Å²) < 4.78 is 67.4. The van der Waals surface area contributed by atoms with E-state index in [4.69, 9.17) is 0 Å². The minimum Gasteiger partial charge on any atom is -0.385 e. The molecule has 1 fully saturated rings. The normalized spacial score (nSPS) is 18.4. The van der Waals surface area contributed by atoms with Crippen molar-refractivity contribution in [1.29, 1.82) is 0 Å². The molecular weight excluding hydrogens is 495 g/mol. The fourth-order valence-corrected chi connectivity index (χ4v) is 6.28. The van der Waals surface area contributed by atoms with Crippen LogP contribution in [0.2, 0.25) is 0 Å². The van der Waals surface area contributed by atoms with Gasteiger partial charge in [0.05, 0.1) is 16.6 Å². The van der Waals surface area contributed by atoms with E-state index in [1.807, 2.05) is 9.47 Å². The van der Waals surface area contributed by atoms with Crippen molar-refractivity contribution in [2.75, 3.05) is 19.6 Å². The molecule has 4 aromatic rings. The van der Waals surface area contributed by atoms with Crippen LogP contribution in [-0.2, 0) is 10.0 Å². The number of fused-ring (bicyclic) bond motifs is 3. The van der Waals surface area contributed by atoms with Crippen molar-refractivity contribution in [3.05, 3.63) is 54.6 Å². The number of hydrogen-bond donors (Lipinski definition) is 1. The van der Waals surface area contributed by atoms with Gasteiger partial charge in [-0.25, -0.2) is 22.4 Å². The summed E-state index contributed by atoms with van der Waals surface area (Å²) >= 11 is 0. The Hall–Kier alpha value is -2.96. The zero-order chi connectivity index (χ0) is 25.7. The predicted octanol–water partition coefficient (Wildman–Crippen LogP) is 4.27. The Balaban J connectivity index is 1.55. The van der Waals surface area contributed by atoms with Gasteiger partial charge < -0.3 is 14.6 Å². The van der Waals surface area contributed by atoms with Crippen LogP contribution in [0.3, 0.4) is 0 Å². The number of halogens is 3. The Morgan fingerprint density at radius 3 is 2.64 bits per heavy atom. The first kappa shape index (κ1) is 24.7. The number of hydrogen-bond acceptors (Lipinski definition) is 6. The van der Waals surface area contributed by atoms with E-state index in [9.17, 15) is 26.7 Å². The Morgan fingerprint density at radius 2 is 1.94 bits per heavy atom. The van der Waals surface area contributed by atoms with E-state index in [1.54, 1.807) is 31.2 Å². The van der Waals surface area contributed by atoms with Crippen LogP contribution in [0.25, 0.3) is 22.1 Å². The van der Waals surface area contributed by atoms with Gasteiger partial charge in [-0.05, 0) is 44.5 Å². The van der Waals surface area contributed by atoms with Gasteiger partial charge in [0.1, 0.15) is 17.4 Å². The summed E-state index contributed by atoms with van der Waals surface area (Å²) in [6.07, 6.45) is -2.25. The SMILES string of the molecule is CC(O)c1nc2cnc3c(ccn3S(=O)(=O)c3ccccc3)c2n1[C@H]1CCN(CCCC(F)(F)F)C1. The maximum atomic E-state index is 13.3. The molecule has 1 unspecified atom stereocenters. The van der Waals surface area contributed by atoms with Crippen LogP contribution >= 0.6 is 0 Å². The second kappa shape index (κ2) is 9.16. The molecule has 0 aliphatic carbocycles. The molecule has 0 amide bonds. The van der Waals surface area contributed by atoms with E-state index in [0.717, 1.165) is 3.97 Å². The van der Waals surface area contributed by atoms with E-state index in [2.05, 4.69) is 9.97 Å². The van der Waals surface area contributed by atoms with Crippen molar-refractivity contribution >= 4 is 32.1 Å². The molecule has 2 atom stereocenters. The van der Waals surface area contributed by atoms with Crippen LogP contribution in [-0.4, -0.2) is 62.7 Å².